The van der Waals surface area contributed by atoms with Crippen LogP contribution in [0.25, 0.3) is 16.7 Å². The summed E-state index contributed by atoms with van der Waals surface area (Å²) < 4.78 is 49.2. The summed E-state index contributed by atoms with van der Waals surface area (Å²) in [7, 11) is -2.17. The van der Waals surface area contributed by atoms with E-state index in [-0.39, 0.29) is 35.5 Å². The molecule has 2 fully saturated rings. The highest BCUT2D eigenvalue weighted by Crippen LogP contribution is 2.37. The van der Waals surface area contributed by atoms with Gasteiger partial charge < -0.3 is 9.80 Å². The van der Waals surface area contributed by atoms with Gasteiger partial charge in [-0.1, -0.05) is 0 Å². The Morgan fingerprint density at radius 1 is 1.17 bits per heavy atom. The summed E-state index contributed by atoms with van der Waals surface area (Å²) in [5, 5.41) is 4.42. The van der Waals surface area contributed by atoms with Crippen molar-refractivity contribution in [3.63, 3.8) is 0 Å². The van der Waals surface area contributed by atoms with Gasteiger partial charge in [0.2, 0.25) is 15.8 Å². The SMILES string of the molecule is Cn1cc(Cn2c(=O)c3cc(S(=O)(=O)NC4(C)CC4)cc(N4CCN(C(=O)C(C)(C)F)CC4)c3n3ccnc23)cn1. The average molecular weight is 585 g/mol. The van der Waals surface area contributed by atoms with Gasteiger partial charge in [-0.15, -0.1) is 0 Å². The molecule has 2 aliphatic rings. The number of nitrogens with one attached hydrogen (secondary N) is 1. The number of aryl methyl sites for hydroxylation is 1. The molecule has 1 aliphatic carbocycles. The van der Waals surface area contributed by atoms with Crippen molar-refractivity contribution in [2.75, 3.05) is 31.1 Å². The summed E-state index contributed by atoms with van der Waals surface area (Å²) in [6.45, 7) is 5.71. The van der Waals surface area contributed by atoms with Crippen molar-refractivity contribution >= 4 is 38.3 Å². The van der Waals surface area contributed by atoms with Gasteiger partial charge >= 0.3 is 0 Å². The van der Waals surface area contributed by atoms with Gasteiger partial charge in [-0.2, -0.15) is 5.10 Å². The molecule has 41 heavy (non-hydrogen) atoms. The number of alkyl halides is 1. The van der Waals surface area contributed by atoms with Crippen molar-refractivity contribution in [3.05, 3.63) is 52.8 Å². The lowest BCUT2D eigenvalue weighted by atomic mass is 10.1. The first kappa shape index (κ1) is 27.4. The minimum absolute atomic E-state index is 0.0129. The second-order valence-corrected chi connectivity index (χ2v) is 13.4. The molecule has 3 aromatic heterocycles. The zero-order valence-corrected chi connectivity index (χ0v) is 24.3. The highest BCUT2D eigenvalue weighted by atomic mass is 32.2. The van der Waals surface area contributed by atoms with Crippen LogP contribution >= 0.6 is 0 Å². The third-order valence-electron chi connectivity index (χ3n) is 7.85. The van der Waals surface area contributed by atoms with Gasteiger partial charge in [-0.25, -0.2) is 22.5 Å². The number of halogens is 1. The van der Waals surface area contributed by atoms with E-state index in [0.29, 0.717) is 30.1 Å². The second-order valence-electron chi connectivity index (χ2n) is 11.8. The van der Waals surface area contributed by atoms with Crippen molar-refractivity contribution in [1.29, 1.82) is 0 Å². The standard InChI is InChI=1S/C27H33FN8O4S/c1-26(2,28)24(38)34-11-9-33(10-12-34)21-14-19(41(39,40)31-27(3)5-6-27)13-20-22(21)35-8-7-29-25(35)36(23(20)37)17-18-15-30-32(4)16-18/h7-8,13-16,31H,5-6,9-12,17H2,1-4H3. The molecule has 0 bridgehead atoms. The van der Waals surface area contributed by atoms with Crippen molar-refractivity contribution in [1.82, 2.24) is 33.4 Å². The third-order valence-corrected chi connectivity index (χ3v) is 9.47. The summed E-state index contributed by atoms with van der Waals surface area (Å²) in [4.78, 5) is 34.5. The molecule has 1 saturated heterocycles. The number of nitrogens with zero attached hydrogens (tertiary/aromatic N) is 7. The van der Waals surface area contributed by atoms with Gasteiger partial charge in [0.05, 0.1) is 34.2 Å². The first-order chi connectivity index (χ1) is 19.3. The van der Waals surface area contributed by atoms with Gasteiger partial charge in [-0.05, 0) is 45.7 Å². The minimum atomic E-state index is -3.95. The number of amides is 1. The summed E-state index contributed by atoms with van der Waals surface area (Å²) in [6.07, 6.45) is 8.29. The monoisotopic (exact) mass is 584 g/mol. The van der Waals surface area contributed by atoms with Crippen molar-refractivity contribution in [3.8, 4) is 0 Å². The molecule has 12 nitrogen and oxygen atoms in total. The van der Waals surface area contributed by atoms with Gasteiger partial charge in [0.1, 0.15) is 0 Å². The number of piperazine rings is 1. The van der Waals surface area contributed by atoms with Crippen LogP contribution in [-0.4, -0.2) is 80.3 Å². The predicted octanol–water partition coefficient (Wildman–Crippen LogP) is 1.66. The Balaban J connectivity index is 1.51. The van der Waals surface area contributed by atoms with E-state index in [4.69, 9.17) is 0 Å². The Kier molecular flexibility index (Phi) is 6.26. The van der Waals surface area contributed by atoms with E-state index in [2.05, 4.69) is 14.8 Å². The van der Waals surface area contributed by atoms with Crippen molar-refractivity contribution in [2.24, 2.45) is 7.05 Å². The molecule has 0 spiro atoms. The smallest absolute Gasteiger partial charge is 0.263 e. The zero-order valence-electron chi connectivity index (χ0n) is 23.5. The molecular weight excluding hydrogens is 551 g/mol. The van der Waals surface area contributed by atoms with Crippen LogP contribution in [0, 0.1) is 0 Å². The molecule has 4 heterocycles. The summed E-state index contributed by atoms with van der Waals surface area (Å²) in [5.74, 6) is -0.185. The van der Waals surface area contributed by atoms with Gasteiger partial charge in [-0.3, -0.25) is 23.2 Å². The van der Waals surface area contributed by atoms with Crippen LogP contribution < -0.4 is 15.2 Å². The molecule has 1 N–H and O–H groups in total. The summed E-state index contributed by atoms with van der Waals surface area (Å²) in [6, 6.07) is 3.01. The number of sulfonamides is 1. The first-order valence-corrected chi connectivity index (χ1v) is 15.0. The fourth-order valence-corrected chi connectivity index (χ4v) is 6.90. The molecule has 0 radical (unpaired) electrons. The number of aromatic nitrogens is 5. The number of hydrogen-bond acceptors (Lipinski definition) is 7. The van der Waals surface area contributed by atoms with E-state index in [1.807, 2.05) is 18.0 Å². The fraction of sp³-hybridized carbons (Fsp3) is 0.481. The number of fused-ring (bicyclic) bond motifs is 3. The maximum absolute atomic E-state index is 14.4. The number of carbonyl (C=O) groups excluding carboxylic acids is 1. The molecule has 14 heteroatoms. The number of benzene rings is 1. The van der Waals surface area contributed by atoms with Crippen LogP contribution in [0.4, 0.5) is 10.1 Å². The van der Waals surface area contributed by atoms with Gasteiger partial charge in [0.15, 0.2) is 5.67 Å². The van der Waals surface area contributed by atoms with E-state index in [0.717, 1.165) is 18.4 Å². The Labute approximate surface area is 236 Å². The van der Waals surface area contributed by atoms with E-state index in [1.165, 1.54) is 29.4 Å². The lowest BCUT2D eigenvalue weighted by Gasteiger charge is -2.38. The molecule has 6 rings (SSSR count). The highest BCUT2D eigenvalue weighted by molar-refractivity contribution is 7.89. The van der Waals surface area contributed by atoms with E-state index >= 15 is 0 Å². The Hall–Kier alpha value is -3.78. The first-order valence-electron chi connectivity index (χ1n) is 13.5. The minimum Gasteiger partial charge on any atom is -0.366 e. The van der Waals surface area contributed by atoms with Gasteiger partial charge in [0, 0.05) is 62.9 Å². The number of carbonyl (C=O) groups is 1. The second kappa shape index (κ2) is 9.38. The Morgan fingerprint density at radius 2 is 1.88 bits per heavy atom. The Bertz CT molecular complexity index is 1840. The van der Waals surface area contributed by atoms with Crippen LogP contribution in [0.5, 0.6) is 0 Å². The molecule has 1 aliphatic heterocycles. The summed E-state index contributed by atoms with van der Waals surface area (Å²) >= 11 is 0. The topological polar surface area (TPSA) is 127 Å². The molecule has 218 valence electrons. The summed E-state index contributed by atoms with van der Waals surface area (Å²) in [5.41, 5.74) is -1.03. The average Bonchev–Trinajstić information content (AvgIpc) is 3.26. The Morgan fingerprint density at radius 3 is 2.49 bits per heavy atom. The lowest BCUT2D eigenvalue weighted by Crippen LogP contribution is -2.53. The van der Waals surface area contributed by atoms with E-state index in [9.17, 15) is 22.4 Å². The van der Waals surface area contributed by atoms with Crippen LogP contribution in [0.15, 0.2) is 46.6 Å². The molecule has 4 aromatic rings. The van der Waals surface area contributed by atoms with Crippen LogP contribution in [-0.2, 0) is 28.4 Å². The number of rotatable bonds is 7. The third kappa shape index (κ3) is 4.99. The predicted molar refractivity (Wildman–Crippen MR) is 151 cm³/mol. The molecular formula is C27H33FN8O4S. The van der Waals surface area contributed by atoms with Crippen molar-refractivity contribution < 1.29 is 17.6 Å². The largest absolute Gasteiger partial charge is 0.366 e. The lowest BCUT2D eigenvalue weighted by molar-refractivity contribution is -0.142. The quantitative estimate of drug-likeness (QED) is 0.350. The van der Waals surface area contributed by atoms with E-state index in [1.54, 1.807) is 40.8 Å². The van der Waals surface area contributed by atoms with Crippen molar-refractivity contribution in [2.45, 2.75) is 56.3 Å². The normalized spacial score (nSPS) is 17.5. The molecule has 1 saturated carbocycles. The maximum Gasteiger partial charge on any atom is 0.263 e. The number of anilines is 1. The fourth-order valence-electron chi connectivity index (χ4n) is 5.39. The number of hydrogen-bond donors (Lipinski definition) is 1. The number of imidazole rings is 1. The van der Waals surface area contributed by atoms with E-state index < -0.39 is 27.1 Å². The molecule has 0 unspecified atom stereocenters. The molecule has 1 aromatic carbocycles. The zero-order chi connectivity index (χ0) is 29.3. The van der Waals surface area contributed by atoms with Crippen LogP contribution in [0.1, 0.15) is 39.2 Å². The molecule has 1 amide bonds. The van der Waals surface area contributed by atoms with Crippen LogP contribution in [0.2, 0.25) is 0 Å². The van der Waals surface area contributed by atoms with Crippen LogP contribution in [0.3, 0.4) is 0 Å². The maximum atomic E-state index is 14.4. The molecule has 0 atom stereocenters. The highest BCUT2D eigenvalue weighted by Gasteiger charge is 2.42. The van der Waals surface area contributed by atoms with Gasteiger partial charge in [0.25, 0.3) is 11.5 Å².